The number of rotatable bonds is 7. The molecule has 0 saturated heterocycles. The molecule has 1 unspecified atom stereocenters. The summed E-state index contributed by atoms with van der Waals surface area (Å²) in [4.78, 5) is 35.6. The number of carboxylic acid groups (broad SMARTS) is 2. The predicted octanol–water partition coefficient (Wildman–Crippen LogP) is 3.90. The highest BCUT2D eigenvalue weighted by Gasteiger charge is 2.40. The number of benzene rings is 1. The molecule has 1 saturated carbocycles. The molecule has 0 amide bonds. The molecule has 8 heteroatoms. The third-order valence-corrected chi connectivity index (χ3v) is 6.23. The molecule has 0 radical (unpaired) electrons. The normalized spacial score (nSPS) is 16.7. The van der Waals surface area contributed by atoms with Crippen molar-refractivity contribution in [2.24, 2.45) is 5.92 Å². The quantitative estimate of drug-likeness (QED) is 0.688. The molecule has 0 bridgehead atoms. The molecule has 2 N–H and O–H groups in total. The second kappa shape index (κ2) is 9.95. The van der Waals surface area contributed by atoms with Crippen LogP contribution in [0.3, 0.4) is 0 Å². The Hall–Kier alpha value is -2.58. The number of carbonyl (C=O) groups is 3. The number of ketones is 1. The monoisotopic (exact) mass is 433 g/mol. The van der Waals surface area contributed by atoms with Crippen LogP contribution >= 0.6 is 11.3 Å². The van der Waals surface area contributed by atoms with Crippen LogP contribution in [0.2, 0.25) is 0 Å². The van der Waals surface area contributed by atoms with Crippen LogP contribution in [0, 0.1) is 11.7 Å². The highest BCUT2D eigenvalue weighted by Crippen LogP contribution is 2.39. The highest BCUT2D eigenvalue weighted by molar-refractivity contribution is 7.10. The standard InChI is InChI=1S/C18H18FNOS.C4H6O4/c19-15-4-2-1-3-14(15)17(18(21)12-5-6-12)20-9-7-16-13(11-20)8-10-22-16;5-3(6)1-2-4(7)8/h1-4,8,10,12,17H,5-7,9,11H2;1-2H2,(H,5,6)(H,7,8). The van der Waals surface area contributed by atoms with Crippen LogP contribution in [0.15, 0.2) is 35.7 Å². The molecule has 1 aliphatic heterocycles. The molecule has 2 aliphatic rings. The largest absolute Gasteiger partial charge is 0.481 e. The summed E-state index contributed by atoms with van der Waals surface area (Å²) in [5.41, 5.74) is 1.83. The zero-order valence-electron chi connectivity index (χ0n) is 16.4. The number of Topliss-reactive ketones (excluding diaryl/α,β-unsaturated/α-hetero) is 1. The maximum atomic E-state index is 14.3. The first-order valence-corrected chi connectivity index (χ1v) is 10.8. The van der Waals surface area contributed by atoms with Crippen LogP contribution in [0.1, 0.15) is 47.7 Å². The average Bonchev–Trinajstić information content (AvgIpc) is 3.46. The Bertz CT molecular complexity index is 910. The maximum absolute atomic E-state index is 14.3. The van der Waals surface area contributed by atoms with E-state index in [1.165, 1.54) is 16.5 Å². The SMILES string of the molecule is O=C(C1CC1)C(c1ccccc1F)N1CCc2sccc2C1.O=C(O)CCC(=O)O. The van der Waals surface area contributed by atoms with Crippen molar-refractivity contribution in [2.75, 3.05) is 6.54 Å². The smallest absolute Gasteiger partial charge is 0.303 e. The Kier molecular flexibility index (Phi) is 7.33. The van der Waals surface area contributed by atoms with Crippen molar-refractivity contribution in [3.8, 4) is 0 Å². The van der Waals surface area contributed by atoms with E-state index in [0.29, 0.717) is 5.56 Å². The van der Waals surface area contributed by atoms with Crippen LogP contribution in [-0.4, -0.2) is 39.4 Å². The highest BCUT2D eigenvalue weighted by atomic mass is 32.1. The van der Waals surface area contributed by atoms with E-state index in [-0.39, 0.29) is 30.4 Å². The van der Waals surface area contributed by atoms with E-state index < -0.39 is 18.0 Å². The van der Waals surface area contributed by atoms with Crippen molar-refractivity contribution in [3.05, 3.63) is 57.5 Å². The zero-order valence-corrected chi connectivity index (χ0v) is 17.2. The van der Waals surface area contributed by atoms with Gasteiger partial charge in [0, 0.05) is 29.4 Å². The van der Waals surface area contributed by atoms with E-state index in [2.05, 4.69) is 16.3 Å². The number of carbonyl (C=O) groups excluding carboxylic acids is 1. The number of carboxylic acids is 2. The van der Waals surface area contributed by atoms with Gasteiger partial charge in [0.1, 0.15) is 5.82 Å². The Balaban J connectivity index is 0.000000275. The molecule has 4 rings (SSSR count). The van der Waals surface area contributed by atoms with Gasteiger partial charge in [0.2, 0.25) is 0 Å². The molecule has 2 aromatic rings. The molecule has 1 atom stereocenters. The van der Waals surface area contributed by atoms with Gasteiger partial charge in [0.05, 0.1) is 18.9 Å². The van der Waals surface area contributed by atoms with Gasteiger partial charge in [-0.2, -0.15) is 0 Å². The van der Waals surface area contributed by atoms with Crippen LogP contribution in [0.4, 0.5) is 4.39 Å². The summed E-state index contributed by atoms with van der Waals surface area (Å²) in [7, 11) is 0. The summed E-state index contributed by atoms with van der Waals surface area (Å²) in [6.45, 7) is 1.57. The number of hydrogen-bond acceptors (Lipinski definition) is 5. The van der Waals surface area contributed by atoms with E-state index in [1.54, 1.807) is 23.5 Å². The van der Waals surface area contributed by atoms with Gasteiger partial charge in [-0.05, 0) is 42.3 Å². The van der Waals surface area contributed by atoms with Crippen molar-refractivity contribution in [1.82, 2.24) is 4.90 Å². The Morgan fingerprint density at radius 1 is 1.10 bits per heavy atom. The second-order valence-electron chi connectivity index (χ2n) is 7.48. The molecule has 1 aromatic heterocycles. The van der Waals surface area contributed by atoms with E-state index in [9.17, 15) is 18.8 Å². The minimum absolute atomic E-state index is 0.133. The fourth-order valence-electron chi connectivity index (χ4n) is 3.52. The Morgan fingerprint density at radius 3 is 2.37 bits per heavy atom. The average molecular weight is 434 g/mol. The molecule has 1 aromatic carbocycles. The first kappa shape index (κ1) is 22.1. The van der Waals surface area contributed by atoms with Gasteiger partial charge >= 0.3 is 11.9 Å². The first-order valence-electron chi connectivity index (χ1n) is 9.88. The molecule has 1 aliphatic carbocycles. The number of aliphatic carboxylic acids is 2. The Labute approximate surface area is 178 Å². The van der Waals surface area contributed by atoms with Gasteiger partial charge in [-0.3, -0.25) is 19.3 Å². The van der Waals surface area contributed by atoms with Crippen molar-refractivity contribution in [2.45, 2.75) is 44.7 Å². The predicted molar refractivity (Wildman–Crippen MR) is 110 cm³/mol. The first-order chi connectivity index (χ1) is 14.4. The minimum atomic E-state index is -1.08. The fourth-order valence-corrected chi connectivity index (χ4v) is 4.41. The van der Waals surface area contributed by atoms with Crippen LogP contribution in [0.25, 0.3) is 0 Å². The summed E-state index contributed by atoms with van der Waals surface area (Å²) in [6.07, 6.45) is 2.28. The minimum Gasteiger partial charge on any atom is -0.481 e. The Morgan fingerprint density at radius 2 is 1.77 bits per heavy atom. The number of fused-ring (bicyclic) bond motifs is 1. The van der Waals surface area contributed by atoms with Gasteiger partial charge < -0.3 is 10.2 Å². The summed E-state index contributed by atoms with van der Waals surface area (Å²) >= 11 is 1.78. The summed E-state index contributed by atoms with van der Waals surface area (Å²) in [6, 6.07) is 8.44. The number of halogens is 1. The number of hydrogen-bond donors (Lipinski definition) is 2. The van der Waals surface area contributed by atoms with Crippen molar-refractivity contribution in [3.63, 3.8) is 0 Å². The lowest BCUT2D eigenvalue weighted by molar-refractivity contribution is -0.143. The number of thiophene rings is 1. The maximum Gasteiger partial charge on any atom is 0.303 e. The molecular formula is C22H24FNO5S. The molecule has 6 nitrogen and oxygen atoms in total. The van der Waals surface area contributed by atoms with E-state index in [4.69, 9.17) is 10.2 Å². The molecule has 0 spiro atoms. The lowest BCUT2D eigenvalue weighted by Crippen LogP contribution is -2.38. The van der Waals surface area contributed by atoms with E-state index >= 15 is 0 Å². The summed E-state index contributed by atoms with van der Waals surface area (Å²) < 4.78 is 14.3. The zero-order chi connectivity index (χ0) is 21.7. The molecule has 160 valence electrons. The van der Waals surface area contributed by atoms with E-state index in [0.717, 1.165) is 32.4 Å². The number of nitrogens with zero attached hydrogens (tertiary/aromatic N) is 1. The van der Waals surface area contributed by atoms with Crippen molar-refractivity contribution >= 4 is 29.1 Å². The van der Waals surface area contributed by atoms with Crippen molar-refractivity contribution < 1.29 is 29.0 Å². The van der Waals surface area contributed by atoms with Gasteiger partial charge in [0.25, 0.3) is 0 Å². The molecule has 1 fully saturated rings. The molecule has 30 heavy (non-hydrogen) atoms. The van der Waals surface area contributed by atoms with E-state index in [1.807, 2.05) is 6.07 Å². The third-order valence-electron chi connectivity index (χ3n) is 5.20. The van der Waals surface area contributed by atoms with Gasteiger partial charge in [-0.1, -0.05) is 18.2 Å². The lowest BCUT2D eigenvalue weighted by atomic mass is 9.95. The topological polar surface area (TPSA) is 94.9 Å². The van der Waals surface area contributed by atoms with Gasteiger partial charge in [0.15, 0.2) is 5.78 Å². The summed E-state index contributed by atoms with van der Waals surface area (Å²) in [5.74, 6) is -2.09. The molecular weight excluding hydrogens is 409 g/mol. The van der Waals surface area contributed by atoms with Gasteiger partial charge in [-0.25, -0.2) is 4.39 Å². The second-order valence-corrected chi connectivity index (χ2v) is 8.48. The van der Waals surface area contributed by atoms with Gasteiger partial charge in [-0.15, -0.1) is 11.3 Å². The lowest BCUT2D eigenvalue weighted by Gasteiger charge is -2.34. The summed E-state index contributed by atoms with van der Waals surface area (Å²) in [5, 5.41) is 17.9. The molecule has 2 heterocycles. The van der Waals surface area contributed by atoms with Crippen LogP contribution in [-0.2, 0) is 27.3 Å². The van der Waals surface area contributed by atoms with Crippen LogP contribution in [0.5, 0.6) is 0 Å². The third kappa shape index (κ3) is 5.73. The fraction of sp³-hybridized carbons (Fsp3) is 0.409. The van der Waals surface area contributed by atoms with Crippen molar-refractivity contribution in [1.29, 1.82) is 0 Å². The van der Waals surface area contributed by atoms with Crippen LogP contribution < -0.4 is 0 Å².